The van der Waals surface area contributed by atoms with Gasteiger partial charge in [-0.2, -0.15) is 0 Å². The first-order valence-corrected chi connectivity index (χ1v) is 9.23. The fraction of sp³-hybridized carbons (Fsp3) is 0.333. The van der Waals surface area contributed by atoms with Crippen molar-refractivity contribution < 1.29 is 22.8 Å². The van der Waals surface area contributed by atoms with Crippen molar-refractivity contribution >= 4 is 11.8 Å². The highest BCUT2D eigenvalue weighted by atomic mass is 19.1. The number of halogens is 3. The van der Waals surface area contributed by atoms with Crippen molar-refractivity contribution in [3.05, 3.63) is 71.0 Å². The molecule has 1 unspecified atom stereocenters. The van der Waals surface area contributed by atoms with Gasteiger partial charge in [0.2, 0.25) is 5.91 Å². The fourth-order valence-electron chi connectivity index (χ4n) is 3.77. The second kappa shape index (κ2) is 7.30. The van der Waals surface area contributed by atoms with Crippen LogP contribution in [0, 0.1) is 23.4 Å². The molecule has 1 aliphatic carbocycles. The minimum atomic E-state index is -0.886. The van der Waals surface area contributed by atoms with Gasteiger partial charge in [0, 0.05) is 32.1 Å². The number of hydrogen-bond acceptors (Lipinski definition) is 2. The smallest absolute Gasteiger partial charge is 0.259 e. The molecule has 1 aliphatic heterocycles. The molecular formula is C21H19F3N2O2. The summed E-state index contributed by atoms with van der Waals surface area (Å²) in [5.74, 6) is -2.79. The van der Waals surface area contributed by atoms with Crippen LogP contribution in [0.15, 0.2) is 42.5 Å². The molecule has 0 bridgehead atoms. The standard InChI is InChI=1S/C21H19F3N2O2/c22-14-6-4-13(5-7-14)15-12-16(15)20(27)25-8-10-26(11-9-25)21(28)19-17(23)2-1-3-18(19)24/h1-7,15-16H,8-12H2/t15?,16-/m1/s1. The van der Waals surface area contributed by atoms with Gasteiger partial charge >= 0.3 is 0 Å². The van der Waals surface area contributed by atoms with Crippen LogP contribution in [0.3, 0.4) is 0 Å². The highest BCUT2D eigenvalue weighted by Crippen LogP contribution is 2.48. The van der Waals surface area contributed by atoms with Crippen LogP contribution in [0.1, 0.15) is 28.3 Å². The molecule has 0 N–H and O–H groups in total. The number of benzene rings is 2. The number of piperazine rings is 1. The van der Waals surface area contributed by atoms with Gasteiger partial charge in [0.1, 0.15) is 23.0 Å². The van der Waals surface area contributed by atoms with E-state index < -0.39 is 23.1 Å². The summed E-state index contributed by atoms with van der Waals surface area (Å²) < 4.78 is 40.7. The maximum Gasteiger partial charge on any atom is 0.259 e. The van der Waals surface area contributed by atoms with Gasteiger partial charge in [0.25, 0.3) is 5.91 Å². The van der Waals surface area contributed by atoms with E-state index in [1.165, 1.54) is 23.1 Å². The van der Waals surface area contributed by atoms with Crippen molar-refractivity contribution in [3.63, 3.8) is 0 Å². The minimum absolute atomic E-state index is 0.0125. The number of carbonyl (C=O) groups excluding carboxylic acids is 2. The Balaban J connectivity index is 1.35. The first kappa shape index (κ1) is 18.5. The molecule has 0 radical (unpaired) electrons. The molecule has 0 aromatic heterocycles. The highest BCUT2D eigenvalue weighted by molar-refractivity contribution is 5.95. The van der Waals surface area contributed by atoms with Crippen LogP contribution in [-0.2, 0) is 4.79 Å². The van der Waals surface area contributed by atoms with Crippen LogP contribution in [0.25, 0.3) is 0 Å². The van der Waals surface area contributed by atoms with Crippen LogP contribution < -0.4 is 0 Å². The zero-order valence-corrected chi connectivity index (χ0v) is 15.1. The third-order valence-corrected chi connectivity index (χ3v) is 5.46. The Labute approximate surface area is 160 Å². The SMILES string of the molecule is O=C(c1c(F)cccc1F)N1CCN(C(=O)[C@@H]2CC2c2ccc(F)cc2)CC1. The predicted octanol–water partition coefficient (Wildman–Crippen LogP) is 3.19. The Bertz CT molecular complexity index is 888. The minimum Gasteiger partial charge on any atom is -0.339 e. The molecule has 1 saturated carbocycles. The van der Waals surface area contributed by atoms with Gasteiger partial charge in [0.05, 0.1) is 0 Å². The fourth-order valence-corrected chi connectivity index (χ4v) is 3.77. The molecule has 2 aliphatic rings. The van der Waals surface area contributed by atoms with E-state index in [4.69, 9.17) is 0 Å². The van der Waals surface area contributed by atoms with Crippen molar-refractivity contribution in [2.75, 3.05) is 26.2 Å². The Hall–Kier alpha value is -2.83. The second-order valence-corrected chi connectivity index (χ2v) is 7.21. The highest BCUT2D eigenvalue weighted by Gasteiger charge is 2.46. The van der Waals surface area contributed by atoms with Gasteiger partial charge in [-0.3, -0.25) is 9.59 Å². The van der Waals surface area contributed by atoms with Crippen molar-refractivity contribution in [2.45, 2.75) is 12.3 Å². The molecule has 28 heavy (non-hydrogen) atoms. The lowest BCUT2D eigenvalue weighted by molar-refractivity contribution is -0.134. The van der Waals surface area contributed by atoms with Crippen molar-refractivity contribution in [1.82, 2.24) is 9.80 Å². The lowest BCUT2D eigenvalue weighted by Crippen LogP contribution is -2.51. The first-order chi connectivity index (χ1) is 13.5. The molecule has 7 heteroatoms. The average molecular weight is 388 g/mol. The van der Waals surface area contributed by atoms with Gasteiger partial charge in [-0.05, 0) is 42.2 Å². The monoisotopic (exact) mass is 388 g/mol. The van der Waals surface area contributed by atoms with Crippen molar-refractivity contribution in [3.8, 4) is 0 Å². The Morgan fingerprint density at radius 2 is 1.39 bits per heavy atom. The Kier molecular flexibility index (Phi) is 4.83. The number of amides is 2. The van der Waals surface area contributed by atoms with Gasteiger partial charge in [-0.25, -0.2) is 13.2 Å². The van der Waals surface area contributed by atoms with Crippen LogP contribution in [-0.4, -0.2) is 47.8 Å². The summed E-state index contributed by atoms with van der Waals surface area (Å²) in [5.41, 5.74) is 0.393. The van der Waals surface area contributed by atoms with E-state index in [0.717, 1.165) is 24.1 Å². The summed E-state index contributed by atoms with van der Waals surface area (Å²) in [4.78, 5) is 28.2. The molecule has 2 aromatic rings. The van der Waals surface area contributed by atoms with Crippen molar-refractivity contribution in [1.29, 1.82) is 0 Å². The zero-order chi connectivity index (χ0) is 19.8. The number of carbonyl (C=O) groups is 2. The van der Waals surface area contributed by atoms with E-state index in [-0.39, 0.29) is 36.6 Å². The summed E-state index contributed by atoms with van der Waals surface area (Å²) in [7, 11) is 0. The molecule has 1 saturated heterocycles. The normalized spacial score (nSPS) is 21.5. The van der Waals surface area contributed by atoms with Gasteiger partial charge in [0.15, 0.2) is 0 Å². The number of nitrogens with zero attached hydrogens (tertiary/aromatic N) is 2. The third kappa shape index (κ3) is 3.48. The largest absolute Gasteiger partial charge is 0.339 e. The second-order valence-electron chi connectivity index (χ2n) is 7.21. The zero-order valence-electron chi connectivity index (χ0n) is 15.1. The molecule has 2 atom stereocenters. The van der Waals surface area contributed by atoms with E-state index in [2.05, 4.69) is 0 Å². The topological polar surface area (TPSA) is 40.6 Å². The van der Waals surface area contributed by atoms with Crippen molar-refractivity contribution in [2.24, 2.45) is 5.92 Å². The molecule has 4 rings (SSSR count). The predicted molar refractivity (Wildman–Crippen MR) is 96.1 cm³/mol. The van der Waals surface area contributed by atoms with Crippen LogP contribution in [0.4, 0.5) is 13.2 Å². The van der Waals surface area contributed by atoms with Crippen LogP contribution in [0.2, 0.25) is 0 Å². The third-order valence-electron chi connectivity index (χ3n) is 5.46. The molecule has 1 heterocycles. The van der Waals surface area contributed by atoms with E-state index in [1.54, 1.807) is 17.0 Å². The van der Waals surface area contributed by atoms with Gasteiger partial charge in [-0.15, -0.1) is 0 Å². The molecule has 4 nitrogen and oxygen atoms in total. The maximum absolute atomic E-state index is 13.8. The lowest BCUT2D eigenvalue weighted by atomic mass is 10.1. The Morgan fingerprint density at radius 3 is 2.00 bits per heavy atom. The maximum atomic E-state index is 13.8. The quantitative estimate of drug-likeness (QED) is 0.810. The number of rotatable bonds is 3. The van der Waals surface area contributed by atoms with E-state index >= 15 is 0 Å². The summed E-state index contributed by atoms with van der Waals surface area (Å²) >= 11 is 0. The van der Waals surface area contributed by atoms with Crippen LogP contribution >= 0.6 is 0 Å². The molecule has 2 aromatic carbocycles. The average Bonchev–Trinajstić information content (AvgIpc) is 3.49. The number of hydrogen-bond donors (Lipinski definition) is 0. The first-order valence-electron chi connectivity index (χ1n) is 9.23. The molecular weight excluding hydrogens is 369 g/mol. The van der Waals surface area contributed by atoms with E-state index in [0.29, 0.717) is 13.1 Å². The summed E-state index contributed by atoms with van der Waals surface area (Å²) in [6.07, 6.45) is 0.726. The van der Waals surface area contributed by atoms with Gasteiger partial charge < -0.3 is 9.80 Å². The molecule has 146 valence electrons. The molecule has 2 fully saturated rings. The van der Waals surface area contributed by atoms with Gasteiger partial charge in [-0.1, -0.05) is 18.2 Å². The van der Waals surface area contributed by atoms with E-state index in [9.17, 15) is 22.8 Å². The lowest BCUT2D eigenvalue weighted by Gasteiger charge is -2.35. The summed E-state index contributed by atoms with van der Waals surface area (Å²) in [6.45, 7) is 1.11. The Morgan fingerprint density at radius 1 is 0.821 bits per heavy atom. The summed E-state index contributed by atoms with van der Waals surface area (Å²) in [6, 6.07) is 9.51. The molecule has 0 spiro atoms. The molecule has 2 amide bonds. The van der Waals surface area contributed by atoms with Crippen LogP contribution in [0.5, 0.6) is 0 Å². The summed E-state index contributed by atoms with van der Waals surface area (Å²) in [5, 5.41) is 0. The van der Waals surface area contributed by atoms with E-state index in [1.807, 2.05) is 0 Å².